The summed E-state index contributed by atoms with van der Waals surface area (Å²) in [5, 5.41) is 0.601. The van der Waals surface area contributed by atoms with Crippen molar-refractivity contribution >= 4 is 33.2 Å². The van der Waals surface area contributed by atoms with Crippen molar-refractivity contribution in [2.24, 2.45) is 0 Å². The lowest BCUT2D eigenvalue weighted by molar-refractivity contribution is 0.149. The first-order valence-corrected chi connectivity index (χ1v) is 9.31. The summed E-state index contributed by atoms with van der Waals surface area (Å²) in [6.45, 7) is 4.07. The van der Waals surface area contributed by atoms with Gasteiger partial charge in [0.05, 0.1) is 14.9 Å². The molecule has 124 valence electrons. The topological polar surface area (TPSA) is 49.9 Å². The van der Waals surface area contributed by atoms with Gasteiger partial charge in [0.15, 0.2) is 0 Å². The highest BCUT2D eigenvalue weighted by molar-refractivity contribution is 7.89. The molecule has 0 N–H and O–H groups in total. The maximum Gasteiger partial charge on any atom is 0.243 e. The average Bonchev–Trinajstić information content (AvgIpc) is 2.51. The van der Waals surface area contributed by atoms with E-state index in [1.807, 2.05) is 0 Å². The van der Waals surface area contributed by atoms with E-state index in [0.29, 0.717) is 18.1 Å². The van der Waals surface area contributed by atoms with Crippen molar-refractivity contribution < 1.29 is 13.2 Å². The summed E-state index contributed by atoms with van der Waals surface area (Å²) in [7, 11) is -1.83. The third-order valence-corrected chi connectivity index (χ3v) is 6.32. The molecule has 1 aromatic carbocycles. The standard InChI is InChI=1S/C14H20Cl2N2O3S/c1-21-10-2-5-17-6-8-18(9-7-17)22(19,20)12-3-4-13(15)14(16)11-12/h3-4,11H,2,5-10H2,1H3. The first-order chi connectivity index (χ1) is 10.4. The molecule has 1 aliphatic rings. The first kappa shape index (κ1) is 18.0. The molecular weight excluding hydrogens is 347 g/mol. The fraction of sp³-hybridized carbons (Fsp3) is 0.571. The highest BCUT2D eigenvalue weighted by Gasteiger charge is 2.28. The van der Waals surface area contributed by atoms with Crippen molar-refractivity contribution in [3.05, 3.63) is 28.2 Å². The molecule has 1 aromatic rings. The monoisotopic (exact) mass is 366 g/mol. The van der Waals surface area contributed by atoms with Gasteiger partial charge in [-0.05, 0) is 24.6 Å². The van der Waals surface area contributed by atoms with Crippen molar-refractivity contribution in [2.75, 3.05) is 46.4 Å². The van der Waals surface area contributed by atoms with Gasteiger partial charge in [-0.3, -0.25) is 0 Å². The summed E-state index contributed by atoms with van der Waals surface area (Å²) in [4.78, 5) is 2.44. The summed E-state index contributed by atoms with van der Waals surface area (Å²) in [6.07, 6.45) is 0.954. The Kier molecular flexibility index (Phi) is 6.49. The Hall–Kier alpha value is -0.370. The molecule has 0 bridgehead atoms. The van der Waals surface area contributed by atoms with E-state index >= 15 is 0 Å². The third-order valence-electron chi connectivity index (χ3n) is 3.68. The van der Waals surface area contributed by atoms with Crippen LogP contribution >= 0.6 is 23.2 Å². The lowest BCUT2D eigenvalue weighted by atomic mass is 10.3. The van der Waals surface area contributed by atoms with Crippen LogP contribution in [0.2, 0.25) is 10.0 Å². The molecule has 0 atom stereocenters. The van der Waals surface area contributed by atoms with Crippen molar-refractivity contribution in [1.29, 1.82) is 0 Å². The summed E-state index contributed by atoms with van der Waals surface area (Å²) < 4.78 is 31.7. The van der Waals surface area contributed by atoms with Crippen LogP contribution in [0.4, 0.5) is 0 Å². The van der Waals surface area contributed by atoms with Gasteiger partial charge < -0.3 is 9.64 Å². The van der Waals surface area contributed by atoms with Crippen LogP contribution in [-0.4, -0.2) is 64.1 Å². The van der Waals surface area contributed by atoms with Crippen molar-refractivity contribution in [1.82, 2.24) is 9.21 Å². The molecule has 0 amide bonds. The van der Waals surface area contributed by atoms with Crippen molar-refractivity contribution in [3.8, 4) is 0 Å². The molecule has 8 heteroatoms. The third kappa shape index (κ3) is 4.34. The second-order valence-electron chi connectivity index (χ2n) is 5.17. The van der Waals surface area contributed by atoms with Crippen molar-refractivity contribution in [2.45, 2.75) is 11.3 Å². The lowest BCUT2D eigenvalue weighted by Crippen LogP contribution is -2.48. The molecule has 5 nitrogen and oxygen atoms in total. The minimum Gasteiger partial charge on any atom is -0.385 e. The molecule has 0 radical (unpaired) electrons. The predicted octanol–water partition coefficient (Wildman–Crippen LogP) is 2.34. The fourth-order valence-corrected chi connectivity index (χ4v) is 4.22. The zero-order valence-electron chi connectivity index (χ0n) is 12.5. The van der Waals surface area contributed by atoms with Gasteiger partial charge in [0.1, 0.15) is 0 Å². The molecular formula is C14H20Cl2N2O3S. The molecule has 1 heterocycles. The summed E-state index contributed by atoms with van der Waals surface area (Å²) in [5.74, 6) is 0. The number of halogens is 2. The molecule has 2 rings (SSSR count). The largest absolute Gasteiger partial charge is 0.385 e. The van der Waals surface area contributed by atoms with Crippen LogP contribution in [-0.2, 0) is 14.8 Å². The Bertz CT molecular complexity index is 602. The number of hydrogen-bond donors (Lipinski definition) is 0. The van der Waals surface area contributed by atoms with Gasteiger partial charge in [0.2, 0.25) is 10.0 Å². The molecule has 1 aliphatic heterocycles. The number of piperazine rings is 1. The van der Waals surface area contributed by atoms with Gasteiger partial charge in [-0.1, -0.05) is 23.2 Å². The molecule has 0 spiro atoms. The van der Waals surface area contributed by atoms with Crippen LogP contribution in [0.5, 0.6) is 0 Å². The van der Waals surface area contributed by atoms with Gasteiger partial charge in [0.25, 0.3) is 0 Å². The van der Waals surface area contributed by atoms with E-state index in [2.05, 4.69) is 4.90 Å². The van der Waals surface area contributed by atoms with E-state index in [4.69, 9.17) is 27.9 Å². The zero-order valence-corrected chi connectivity index (χ0v) is 14.8. The Morgan fingerprint density at radius 1 is 1.14 bits per heavy atom. The smallest absolute Gasteiger partial charge is 0.243 e. The van der Waals surface area contributed by atoms with Crippen LogP contribution in [0.25, 0.3) is 0 Å². The zero-order chi connectivity index (χ0) is 16.2. The summed E-state index contributed by atoms with van der Waals surface area (Å²) in [5.41, 5.74) is 0. The molecule has 0 saturated carbocycles. The van der Waals surface area contributed by atoms with Gasteiger partial charge in [-0.25, -0.2) is 8.42 Å². The number of ether oxygens (including phenoxy) is 1. The summed E-state index contributed by atoms with van der Waals surface area (Å²) >= 11 is 11.8. The second kappa shape index (κ2) is 7.95. The van der Waals surface area contributed by atoms with Crippen LogP contribution in [0, 0.1) is 0 Å². The number of benzene rings is 1. The highest BCUT2D eigenvalue weighted by Crippen LogP contribution is 2.26. The minimum atomic E-state index is -3.51. The molecule has 0 unspecified atom stereocenters. The maximum atomic E-state index is 12.6. The summed E-state index contributed by atoms with van der Waals surface area (Å²) in [6, 6.07) is 4.41. The molecule has 22 heavy (non-hydrogen) atoms. The highest BCUT2D eigenvalue weighted by atomic mass is 35.5. The molecule has 1 saturated heterocycles. The average molecular weight is 367 g/mol. The second-order valence-corrected chi connectivity index (χ2v) is 7.92. The quantitative estimate of drug-likeness (QED) is 0.725. The fourth-order valence-electron chi connectivity index (χ4n) is 2.41. The maximum absolute atomic E-state index is 12.6. The number of hydrogen-bond acceptors (Lipinski definition) is 4. The Balaban J connectivity index is 1.98. The van der Waals surface area contributed by atoms with E-state index < -0.39 is 10.0 Å². The van der Waals surface area contributed by atoms with E-state index in [-0.39, 0.29) is 9.92 Å². The minimum absolute atomic E-state index is 0.190. The van der Waals surface area contributed by atoms with Crippen LogP contribution in [0.15, 0.2) is 23.1 Å². The first-order valence-electron chi connectivity index (χ1n) is 7.11. The lowest BCUT2D eigenvalue weighted by Gasteiger charge is -2.33. The van der Waals surface area contributed by atoms with Gasteiger partial charge in [0, 0.05) is 46.4 Å². The van der Waals surface area contributed by atoms with Crippen LogP contribution in [0.1, 0.15) is 6.42 Å². The predicted molar refractivity (Wildman–Crippen MR) is 88.2 cm³/mol. The van der Waals surface area contributed by atoms with Crippen LogP contribution in [0.3, 0.4) is 0 Å². The van der Waals surface area contributed by atoms with Gasteiger partial charge in [-0.2, -0.15) is 4.31 Å². The van der Waals surface area contributed by atoms with E-state index in [1.165, 1.54) is 22.5 Å². The van der Waals surface area contributed by atoms with E-state index in [9.17, 15) is 8.42 Å². The van der Waals surface area contributed by atoms with E-state index in [1.54, 1.807) is 7.11 Å². The number of sulfonamides is 1. The number of rotatable bonds is 6. The van der Waals surface area contributed by atoms with Crippen molar-refractivity contribution in [3.63, 3.8) is 0 Å². The number of nitrogens with zero attached hydrogens (tertiary/aromatic N) is 2. The van der Waals surface area contributed by atoms with Crippen LogP contribution < -0.4 is 0 Å². The number of methoxy groups -OCH3 is 1. The van der Waals surface area contributed by atoms with Gasteiger partial charge >= 0.3 is 0 Å². The SMILES string of the molecule is COCCCN1CCN(S(=O)(=O)c2ccc(Cl)c(Cl)c2)CC1. The Morgan fingerprint density at radius 3 is 2.41 bits per heavy atom. The Labute approximate surface area is 141 Å². The van der Waals surface area contributed by atoms with E-state index in [0.717, 1.165) is 32.7 Å². The van der Waals surface area contributed by atoms with Gasteiger partial charge in [-0.15, -0.1) is 0 Å². The molecule has 0 aliphatic carbocycles. The molecule has 1 fully saturated rings. The normalized spacial score (nSPS) is 17.8. The molecule has 0 aromatic heterocycles. The Morgan fingerprint density at radius 2 is 1.82 bits per heavy atom.